The largest absolute Gasteiger partial charge is 0.309 e. The van der Waals surface area contributed by atoms with E-state index in [0.717, 1.165) is 44.7 Å². The van der Waals surface area contributed by atoms with E-state index in [1.165, 1.54) is 0 Å². The Hall–Kier alpha value is -4.28. The molecule has 0 aliphatic carbocycles. The first-order valence-corrected chi connectivity index (χ1v) is 9.30. The minimum atomic E-state index is 0.504. The first kappa shape index (κ1) is 16.7. The van der Waals surface area contributed by atoms with Gasteiger partial charge in [-0.05, 0) is 12.1 Å². The molecule has 0 aromatic carbocycles. The summed E-state index contributed by atoms with van der Waals surface area (Å²) in [5.41, 5.74) is 5.59. The van der Waals surface area contributed by atoms with Gasteiger partial charge in [0.25, 0.3) is 0 Å². The van der Waals surface area contributed by atoms with Gasteiger partial charge >= 0.3 is 0 Å². The van der Waals surface area contributed by atoms with E-state index in [4.69, 9.17) is 0 Å². The smallest absolute Gasteiger partial charge is 0.163 e. The van der Waals surface area contributed by atoms with Crippen molar-refractivity contribution >= 4 is 33.4 Å². The van der Waals surface area contributed by atoms with Gasteiger partial charge in [0.1, 0.15) is 23.7 Å². The summed E-state index contributed by atoms with van der Waals surface area (Å²) in [6.07, 6.45) is 10.2. The van der Waals surface area contributed by atoms with E-state index in [0.29, 0.717) is 13.1 Å². The Labute approximate surface area is 169 Å². The molecule has 0 saturated carbocycles. The molecule has 0 spiro atoms. The third-order valence-electron chi connectivity index (χ3n) is 5.10. The van der Waals surface area contributed by atoms with Gasteiger partial charge in [0.05, 0.1) is 48.7 Å². The molecule has 0 unspecified atom stereocenters. The van der Waals surface area contributed by atoms with Crippen molar-refractivity contribution in [2.24, 2.45) is 7.05 Å². The molecule has 6 heterocycles. The van der Waals surface area contributed by atoms with E-state index >= 15 is 0 Å². The monoisotopic (exact) mass is 397 g/mol. The Bertz CT molecular complexity index is 1520. The van der Waals surface area contributed by atoms with Crippen molar-refractivity contribution < 1.29 is 0 Å². The molecule has 0 N–H and O–H groups in total. The minimum Gasteiger partial charge on any atom is -0.309 e. The number of aromatic nitrogens is 11. The van der Waals surface area contributed by atoms with Gasteiger partial charge in [-0.1, -0.05) is 0 Å². The first-order chi connectivity index (χ1) is 14.8. The number of nitrogens with zero attached hydrogens (tertiary/aromatic N) is 11. The van der Waals surface area contributed by atoms with E-state index in [1.54, 1.807) is 42.4 Å². The van der Waals surface area contributed by atoms with Crippen LogP contribution in [0.3, 0.4) is 0 Å². The summed E-state index contributed by atoms with van der Waals surface area (Å²) in [6.45, 7) is 1.01. The van der Waals surface area contributed by atoms with Crippen molar-refractivity contribution in [2.75, 3.05) is 0 Å². The van der Waals surface area contributed by atoms with Crippen LogP contribution in [-0.4, -0.2) is 53.8 Å². The SMILES string of the molecule is Cn1ncc2c(Cn3cnc4c(Cn5cnc6cccnc65)ncnc43)ncnc21. The van der Waals surface area contributed by atoms with Crippen LogP contribution in [0.15, 0.2) is 49.8 Å². The highest BCUT2D eigenvalue weighted by molar-refractivity contribution is 5.78. The summed E-state index contributed by atoms with van der Waals surface area (Å²) in [4.78, 5) is 31.1. The maximum atomic E-state index is 4.58. The molecule has 30 heavy (non-hydrogen) atoms. The Balaban J connectivity index is 1.39. The highest BCUT2D eigenvalue weighted by atomic mass is 15.3. The number of rotatable bonds is 4. The lowest BCUT2D eigenvalue weighted by atomic mass is 10.3. The van der Waals surface area contributed by atoms with E-state index in [-0.39, 0.29) is 0 Å². The fourth-order valence-electron chi connectivity index (χ4n) is 3.63. The van der Waals surface area contributed by atoms with Crippen LogP contribution in [0.2, 0.25) is 0 Å². The van der Waals surface area contributed by atoms with Gasteiger partial charge in [-0.15, -0.1) is 0 Å². The third kappa shape index (κ3) is 2.52. The number of fused-ring (bicyclic) bond motifs is 3. The number of imidazole rings is 2. The molecule has 6 aromatic rings. The molecule has 6 aromatic heterocycles. The average Bonchev–Trinajstić information content (AvgIpc) is 3.48. The Morgan fingerprint density at radius 2 is 1.53 bits per heavy atom. The van der Waals surface area contributed by atoms with Gasteiger partial charge in [-0.25, -0.2) is 34.9 Å². The highest BCUT2D eigenvalue weighted by Gasteiger charge is 2.15. The zero-order valence-electron chi connectivity index (χ0n) is 16.0. The average molecular weight is 397 g/mol. The molecule has 11 nitrogen and oxygen atoms in total. The number of hydrogen-bond acceptors (Lipinski definition) is 8. The molecule has 0 fully saturated rings. The summed E-state index contributed by atoms with van der Waals surface area (Å²) in [5, 5.41) is 5.19. The molecule has 0 saturated heterocycles. The van der Waals surface area contributed by atoms with Gasteiger partial charge in [0, 0.05) is 13.2 Å². The summed E-state index contributed by atoms with van der Waals surface area (Å²) in [5.74, 6) is 0. The predicted octanol–water partition coefficient (Wildman–Crippen LogP) is 1.34. The molecule has 0 aliphatic heterocycles. The summed E-state index contributed by atoms with van der Waals surface area (Å²) in [6, 6.07) is 3.81. The van der Waals surface area contributed by atoms with Crippen LogP contribution >= 0.6 is 0 Å². The molecule has 0 aliphatic rings. The van der Waals surface area contributed by atoms with Gasteiger partial charge in [0.2, 0.25) is 0 Å². The molecular weight excluding hydrogens is 382 g/mol. The topological polar surface area (TPSA) is 118 Å². The molecular formula is C19H15N11. The van der Waals surface area contributed by atoms with E-state index < -0.39 is 0 Å². The summed E-state index contributed by atoms with van der Waals surface area (Å²) >= 11 is 0. The Kier molecular flexibility index (Phi) is 3.54. The number of aryl methyl sites for hydroxylation is 1. The van der Waals surface area contributed by atoms with Crippen LogP contribution in [0.1, 0.15) is 11.4 Å². The van der Waals surface area contributed by atoms with Crippen molar-refractivity contribution in [2.45, 2.75) is 13.1 Å². The maximum absolute atomic E-state index is 4.58. The quantitative estimate of drug-likeness (QED) is 0.437. The fourth-order valence-corrected chi connectivity index (χ4v) is 3.63. The van der Waals surface area contributed by atoms with Gasteiger partial charge in [-0.2, -0.15) is 5.10 Å². The molecule has 0 bridgehead atoms. The van der Waals surface area contributed by atoms with Crippen LogP contribution in [0.4, 0.5) is 0 Å². The molecule has 0 atom stereocenters. The van der Waals surface area contributed by atoms with Crippen molar-refractivity contribution in [1.82, 2.24) is 53.8 Å². The standard InChI is InChI=1S/C19H15N11/c1-28-17-12(5-27-28)14(21-8-23-17)6-30-11-26-16-15(22-9-24-19(16)30)7-29-10-25-13-3-2-4-20-18(13)29/h2-5,8-11H,6-7H2,1H3. The van der Waals surface area contributed by atoms with Crippen LogP contribution in [-0.2, 0) is 20.1 Å². The second-order valence-electron chi connectivity index (χ2n) is 6.91. The molecule has 11 heteroatoms. The van der Waals surface area contributed by atoms with Crippen molar-refractivity contribution in [1.29, 1.82) is 0 Å². The van der Waals surface area contributed by atoms with Crippen molar-refractivity contribution in [3.8, 4) is 0 Å². The van der Waals surface area contributed by atoms with Crippen molar-refractivity contribution in [3.05, 3.63) is 61.2 Å². The van der Waals surface area contributed by atoms with Gasteiger partial charge in [0.15, 0.2) is 16.9 Å². The van der Waals surface area contributed by atoms with Crippen molar-refractivity contribution in [3.63, 3.8) is 0 Å². The highest BCUT2D eigenvalue weighted by Crippen LogP contribution is 2.19. The van der Waals surface area contributed by atoms with E-state index in [1.807, 2.05) is 28.3 Å². The van der Waals surface area contributed by atoms with Crippen LogP contribution in [0, 0.1) is 0 Å². The van der Waals surface area contributed by atoms with E-state index in [2.05, 4.69) is 40.0 Å². The van der Waals surface area contributed by atoms with Crippen LogP contribution in [0.25, 0.3) is 33.4 Å². The lowest BCUT2D eigenvalue weighted by molar-refractivity contribution is 0.776. The maximum Gasteiger partial charge on any atom is 0.163 e. The zero-order valence-corrected chi connectivity index (χ0v) is 16.0. The van der Waals surface area contributed by atoms with E-state index in [9.17, 15) is 0 Å². The lowest BCUT2D eigenvalue weighted by Crippen LogP contribution is -2.05. The second-order valence-corrected chi connectivity index (χ2v) is 6.91. The summed E-state index contributed by atoms with van der Waals surface area (Å²) < 4.78 is 5.65. The molecule has 0 radical (unpaired) electrons. The third-order valence-corrected chi connectivity index (χ3v) is 5.10. The molecule has 0 amide bonds. The Morgan fingerprint density at radius 3 is 2.47 bits per heavy atom. The number of pyridine rings is 1. The predicted molar refractivity (Wildman–Crippen MR) is 107 cm³/mol. The van der Waals surface area contributed by atoms with Crippen LogP contribution in [0.5, 0.6) is 0 Å². The minimum absolute atomic E-state index is 0.504. The molecule has 146 valence electrons. The number of hydrogen-bond donors (Lipinski definition) is 0. The van der Waals surface area contributed by atoms with Gasteiger partial charge < -0.3 is 9.13 Å². The zero-order chi connectivity index (χ0) is 20.1. The first-order valence-electron chi connectivity index (χ1n) is 9.30. The Morgan fingerprint density at radius 1 is 0.767 bits per heavy atom. The normalized spacial score (nSPS) is 11.8. The molecule has 6 rings (SSSR count). The van der Waals surface area contributed by atoms with Gasteiger partial charge in [-0.3, -0.25) is 4.68 Å². The summed E-state index contributed by atoms with van der Waals surface area (Å²) in [7, 11) is 1.86. The lowest BCUT2D eigenvalue weighted by Gasteiger charge is -2.06. The fraction of sp³-hybridized carbons (Fsp3) is 0.158. The van der Waals surface area contributed by atoms with Crippen LogP contribution < -0.4 is 0 Å². The second kappa shape index (κ2) is 6.37.